The number of methoxy groups -OCH3 is 1. The summed E-state index contributed by atoms with van der Waals surface area (Å²) in [6.45, 7) is 6.23. The number of nitrogens with zero attached hydrogens (tertiary/aromatic N) is 2. The number of carbonyl (C=O) groups excluding carboxylic acids is 2. The normalized spacial score (nSPS) is 18.8. The highest BCUT2D eigenvalue weighted by molar-refractivity contribution is 5.95. The van der Waals surface area contributed by atoms with Crippen LogP contribution in [0.25, 0.3) is 0 Å². The summed E-state index contributed by atoms with van der Waals surface area (Å²) in [5.41, 5.74) is 1.64. The van der Waals surface area contributed by atoms with Crippen molar-refractivity contribution >= 4 is 11.8 Å². The van der Waals surface area contributed by atoms with E-state index in [1.165, 1.54) is 0 Å². The third kappa shape index (κ3) is 3.88. The van der Waals surface area contributed by atoms with E-state index in [1.54, 1.807) is 12.0 Å². The zero-order chi connectivity index (χ0) is 20.1. The van der Waals surface area contributed by atoms with Gasteiger partial charge in [0.25, 0.3) is 5.91 Å². The van der Waals surface area contributed by atoms with Crippen molar-refractivity contribution in [2.24, 2.45) is 5.92 Å². The first-order valence-corrected chi connectivity index (χ1v) is 9.86. The number of rotatable bonds is 6. The molecule has 1 saturated heterocycles. The van der Waals surface area contributed by atoms with E-state index in [0.29, 0.717) is 31.7 Å². The average molecular weight is 380 g/mol. The van der Waals surface area contributed by atoms with Gasteiger partial charge in [-0.05, 0) is 37.6 Å². The van der Waals surface area contributed by atoms with Crippen LogP contribution in [0.4, 0.5) is 0 Å². The highest BCUT2D eigenvalue weighted by Gasteiger charge is 2.42. The highest BCUT2D eigenvalue weighted by atomic mass is 16.5. The monoisotopic (exact) mass is 380 g/mol. The molecular weight excluding hydrogens is 352 g/mol. The Balaban J connectivity index is 1.94. The van der Waals surface area contributed by atoms with E-state index in [4.69, 9.17) is 4.74 Å². The standard InChI is InChI=1S/C23H28N2O3/c1-4-24(5-2)23(27)20-16-25(22(26)17-11-7-6-8-12-17)15-19(20)18-13-9-10-14-21(18)28-3/h6-14,19-20H,4-5,15-16H2,1-3H3. The maximum Gasteiger partial charge on any atom is 0.253 e. The molecule has 2 atom stereocenters. The Morgan fingerprint density at radius 3 is 2.29 bits per heavy atom. The topological polar surface area (TPSA) is 49.9 Å². The smallest absolute Gasteiger partial charge is 0.253 e. The molecule has 0 spiro atoms. The van der Waals surface area contributed by atoms with Crippen LogP contribution in [0.15, 0.2) is 54.6 Å². The molecule has 2 amide bonds. The third-order valence-electron chi connectivity index (χ3n) is 5.56. The molecule has 0 N–H and O–H groups in total. The summed E-state index contributed by atoms with van der Waals surface area (Å²) in [7, 11) is 1.64. The van der Waals surface area contributed by atoms with Crippen LogP contribution < -0.4 is 4.74 Å². The molecule has 1 aliphatic heterocycles. The van der Waals surface area contributed by atoms with Crippen LogP contribution in [0.5, 0.6) is 5.75 Å². The van der Waals surface area contributed by atoms with Crippen molar-refractivity contribution in [3.63, 3.8) is 0 Å². The van der Waals surface area contributed by atoms with Crippen LogP contribution in [0.1, 0.15) is 35.7 Å². The highest BCUT2D eigenvalue weighted by Crippen LogP contribution is 2.38. The summed E-state index contributed by atoms with van der Waals surface area (Å²) < 4.78 is 5.55. The lowest BCUT2D eigenvalue weighted by atomic mass is 9.87. The maximum atomic E-state index is 13.2. The minimum absolute atomic E-state index is 0.0321. The second kappa shape index (κ2) is 8.91. The first-order chi connectivity index (χ1) is 13.6. The second-order valence-electron chi connectivity index (χ2n) is 7.04. The molecule has 2 aromatic rings. The minimum atomic E-state index is -0.274. The lowest BCUT2D eigenvalue weighted by molar-refractivity contribution is -0.135. The van der Waals surface area contributed by atoms with Gasteiger partial charge in [-0.25, -0.2) is 0 Å². The van der Waals surface area contributed by atoms with Crippen molar-refractivity contribution in [2.75, 3.05) is 33.3 Å². The molecule has 1 fully saturated rings. The number of para-hydroxylation sites is 1. The molecule has 0 bridgehead atoms. The Labute approximate surface area is 166 Å². The molecule has 1 aliphatic rings. The van der Waals surface area contributed by atoms with Gasteiger partial charge in [0.1, 0.15) is 5.75 Å². The van der Waals surface area contributed by atoms with Gasteiger partial charge in [-0.3, -0.25) is 9.59 Å². The van der Waals surface area contributed by atoms with Gasteiger partial charge in [0.15, 0.2) is 0 Å². The average Bonchev–Trinajstić information content (AvgIpc) is 3.19. The molecule has 1 heterocycles. The van der Waals surface area contributed by atoms with Crippen LogP contribution in [-0.4, -0.2) is 54.9 Å². The zero-order valence-corrected chi connectivity index (χ0v) is 16.8. The number of hydrogen-bond donors (Lipinski definition) is 0. The Bertz CT molecular complexity index is 818. The number of ether oxygens (including phenoxy) is 1. The fourth-order valence-corrected chi connectivity index (χ4v) is 4.04. The summed E-state index contributed by atoms with van der Waals surface area (Å²) in [4.78, 5) is 29.9. The Morgan fingerprint density at radius 2 is 1.64 bits per heavy atom. The number of amides is 2. The molecule has 0 radical (unpaired) electrons. The van der Waals surface area contributed by atoms with Gasteiger partial charge < -0.3 is 14.5 Å². The summed E-state index contributed by atoms with van der Waals surface area (Å²) in [6, 6.07) is 17.0. The van der Waals surface area contributed by atoms with Gasteiger partial charge in [0, 0.05) is 37.7 Å². The molecule has 0 aromatic heterocycles. The number of benzene rings is 2. The molecule has 5 nitrogen and oxygen atoms in total. The predicted molar refractivity (Wildman–Crippen MR) is 109 cm³/mol. The Kier molecular flexibility index (Phi) is 6.34. The Morgan fingerprint density at radius 1 is 1.00 bits per heavy atom. The summed E-state index contributed by atoms with van der Waals surface area (Å²) in [5, 5.41) is 0. The van der Waals surface area contributed by atoms with E-state index in [9.17, 15) is 9.59 Å². The lowest BCUT2D eigenvalue weighted by Crippen LogP contribution is -2.39. The third-order valence-corrected chi connectivity index (χ3v) is 5.56. The summed E-state index contributed by atoms with van der Waals surface area (Å²) in [5.74, 6) is 0.472. The van der Waals surface area contributed by atoms with Crippen molar-refractivity contribution in [3.8, 4) is 5.75 Å². The number of hydrogen-bond acceptors (Lipinski definition) is 3. The zero-order valence-electron chi connectivity index (χ0n) is 16.8. The molecule has 28 heavy (non-hydrogen) atoms. The fraction of sp³-hybridized carbons (Fsp3) is 0.391. The number of likely N-dealkylation sites (tertiary alicyclic amines) is 1. The van der Waals surface area contributed by atoms with Gasteiger partial charge in [0.2, 0.25) is 5.91 Å². The van der Waals surface area contributed by atoms with E-state index >= 15 is 0 Å². The predicted octanol–water partition coefficient (Wildman–Crippen LogP) is 3.42. The lowest BCUT2D eigenvalue weighted by Gasteiger charge is -2.26. The van der Waals surface area contributed by atoms with E-state index < -0.39 is 0 Å². The van der Waals surface area contributed by atoms with Gasteiger partial charge >= 0.3 is 0 Å². The molecular formula is C23H28N2O3. The molecule has 5 heteroatoms. The maximum absolute atomic E-state index is 13.2. The summed E-state index contributed by atoms with van der Waals surface area (Å²) in [6.07, 6.45) is 0. The molecule has 2 aromatic carbocycles. The van der Waals surface area contributed by atoms with Crippen molar-refractivity contribution in [2.45, 2.75) is 19.8 Å². The van der Waals surface area contributed by atoms with Crippen molar-refractivity contribution in [3.05, 3.63) is 65.7 Å². The second-order valence-corrected chi connectivity index (χ2v) is 7.04. The van der Waals surface area contributed by atoms with Crippen molar-refractivity contribution in [1.29, 1.82) is 0 Å². The van der Waals surface area contributed by atoms with Crippen LogP contribution in [0.2, 0.25) is 0 Å². The van der Waals surface area contributed by atoms with Crippen LogP contribution in [-0.2, 0) is 4.79 Å². The van der Waals surface area contributed by atoms with Crippen LogP contribution in [0, 0.1) is 5.92 Å². The molecule has 0 saturated carbocycles. The van der Waals surface area contributed by atoms with Crippen molar-refractivity contribution < 1.29 is 14.3 Å². The van der Waals surface area contributed by atoms with Gasteiger partial charge in [-0.1, -0.05) is 36.4 Å². The van der Waals surface area contributed by atoms with E-state index in [-0.39, 0.29) is 23.7 Å². The van der Waals surface area contributed by atoms with Crippen molar-refractivity contribution in [1.82, 2.24) is 9.80 Å². The van der Waals surface area contributed by atoms with E-state index in [2.05, 4.69) is 0 Å². The molecule has 2 unspecified atom stereocenters. The van der Waals surface area contributed by atoms with Gasteiger partial charge in [0.05, 0.1) is 13.0 Å². The summed E-state index contributed by atoms with van der Waals surface area (Å²) >= 11 is 0. The first kappa shape index (κ1) is 19.9. The van der Waals surface area contributed by atoms with E-state index in [0.717, 1.165) is 11.3 Å². The SMILES string of the molecule is CCN(CC)C(=O)C1CN(C(=O)c2ccccc2)CC1c1ccccc1OC. The van der Waals surface area contributed by atoms with Crippen LogP contribution >= 0.6 is 0 Å². The largest absolute Gasteiger partial charge is 0.496 e. The number of carbonyl (C=O) groups is 2. The quantitative estimate of drug-likeness (QED) is 0.772. The minimum Gasteiger partial charge on any atom is -0.496 e. The molecule has 0 aliphatic carbocycles. The van der Waals surface area contributed by atoms with E-state index in [1.807, 2.05) is 73.3 Å². The van der Waals surface area contributed by atoms with Gasteiger partial charge in [-0.2, -0.15) is 0 Å². The molecule has 3 rings (SSSR count). The first-order valence-electron chi connectivity index (χ1n) is 9.86. The Hall–Kier alpha value is -2.82. The molecule has 148 valence electrons. The fourth-order valence-electron chi connectivity index (χ4n) is 4.04. The van der Waals surface area contributed by atoms with Gasteiger partial charge in [-0.15, -0.1) is 0 Å². The van der Waals surface area contributed by atoms with Crippen LogP contribution in [0.3, 0.4) is 0 Å².